The van der Waals surface area contributed by atoms with Crippen LogP contribution in [0, 0.1) is 11.3 Å². The van der Waals surface area contributed by atoms with E-state index in [2.05, 4.69) is 34.1 Å². The van der Waals surface area contributed by atoms with Gasteiger partial charge < -0.3 is 9.64 Å². The predicted octanol–water partition coefficient (Wildman–Crippen LogP) is 2.89. The maximum absolute atomic E-state index is 8.99. The highest BCUT2D eigenvalue weighted by Gasteiger charge is 2.17. The van der Waals surface area contributed by atoms with Crippen LogP contribution in [0.15, 0.2) is 48.5 Å². The summed E-state index contributed by atoms with van der Waals surface area (Å²) in [7, 11) is 1.70. The molecule has 23 heavy (non-hydrogen) atoms. The smallest absolute Gasteiger partial charge is 0.120 e. The van der Waals surface area contributed by atoms with Gasteiger partial charge in [0, 0.05) is 44.5 Å². The molecule has 0 bridgehead atoms. The summed E-state index contributed by atoms with van der Waals surface area (Å²) >= 11 is 0. The Kier molecular flexibility index (Phi) is 4.80. The number of nitrogens with zero attached hydrogens (tertiary/aromatic N) is 3. The zero-order valence-electron chi connectivity index (χ0n) is 13.4. The molecule has 1 saturated heterocycles. The van der Waals surface area contributed by atoms with Crippen molar-refractivity contribution < 1.29 is 4.74 Å². The maximum Gasteiger partial charge on any atom is 0.120 e. The summed E-state index contributed by atoms with van der Waals surface area (Å²) < 4.78 is 5.30. The van der Waals surface area contributed by atoms with Crippen molar-refractivity contribution >= 4 is 5.69 Å². The third-order valence-corrected chi connectivity index (χ3v) is 4.25. The Morgan fingerprint density at radius 2 is 1.83 bits per heavy atom. The first-order valence-electron chi connectivity index (χ1n) is 7.89. The molecule has 4 nitrogen and oxygen atoms in total. The Balaban J connectivity index is 1.58. The van der Waals surface area contributed by atoms with Gasteiger partial charge in [-0.3, -0.25) is 4.90 Å². The van der Waals surface area contributed by atoms with Crippen LogP contribution in [0.3, 0.4) is 0 Å². The Bertz CT molecular complexity index is 700. The fourth-order valence-electron chi connectivity index (χ4n) is 2.97. The van der Waals surface area contributed by atoms with Gasteiger partial charge in [0.05, 0.1) is 18.7 Å². The molecule has 1 heterocycles. The van der Waals surface area contributed by atoms with Gasteiger partial charge in [0.25, 0.3) is 0 Å². The molecule has 0 unspecified atom stereocenters. The molecule has 0 amide bonds. The Morgan fingerprint density at radius 3 is 2.57 bits per heavy atom. The van der Waals surface area contributed by atoms with Gasteiger partial charge in [0.15, 0.2) is 0 Å². The minimum absolute atomic E-state index is 0.734. The van der Waals surface area contributed by atoms with E-state index in [4.69, 9.17) is 10.00 Å². The fraction of sp³-hybridized carbons (Fsp3) is 0.316. The van der Waals surface area contributed by atoms with Gasteiger partial charge in [-0.15, -0.1) is 0 Å². The Labute approximate surface area is 137 Å². The number of nitriles is 1. The number of piperazine rings is 1. The van der Waals surface area contributed by atoms with Crippen LogP contribution in [-0.2, 0) is 6.54 Å². The second-order valence-corrected chi connectivity index (χ2v) is 5.78. The average Bonchev–Trinajstić information content (AvgIpc) is 2.62. The lowest BCUT2D eigenvalue weighted by Gasteiger charge is -2.36. The lowest BCUT2D eigenvalue weighted by molar-refractivity contribution is 0.250. The third-order valence-electron chi connectivity index (χ3n) is 4.25. The minimum atomic E-state index is 0.734. The first-order chi connectivity index (χ1) is 11.3. The molecular weight excluding hydrogens is 286 g/mol. The van der Waals surface area contributed by atoms with E-state index in [9.17, 15) is 0 Å². The van der Waals surface area contributed by atoms with Crippen LogP contribution in [0.4, 0.5) is 5.69 Å². The molecule has 2 aromatic carbocycles. The molecule has 4 heteroatoms. The standard InChI is InChI=1S/C19H21N3O/c1-23-19-7-3-6-18(13-19)22-10-8-21(9-11-22)15-17-5-2-4-16(12-17)14-20/h2-7,12-13H,8-11,15H2,1H3. The highest BCUT2D eigenvalue weighted by atomic mass is 16.5. The second-order valence-electron chi connectivity index (χ2n) is 5.78. The van der Waals surface area contributed by atoms with Crippen LogP contribution in [0.2, 0.25) is 0 Å². The van der Waals surface area contributed by atoms with Crippen LogP contribution in [-0.4, -0.2) is 38.2 Å². The van der Waals surface area contributed by atoms with E-state index >= 15 is 0 Å². The Morgan fingerprint density at radius 1 is 1.04 bits per heavy atom. The van der Waals surface area contributed by atoms with Gasteiger partial charge in [-0.05, 0) is 29.8 Å². The predicted molar refractivity (Wildman–Crippen MR) is 91.6 cm³/mol. The molecule has 1 fully saturated rings. The maximum atomic E-state index is 8.99. The number of benzene rings is 2. The monoisotopic (exact) mass is 307 g/mol. The van der Waals surface area contributed by atoms with E-state index in [-0.39, 0.29) is 0 Å². The van der Waals surface area contributed by atoms with Crippen molar-refractivity contribution in [2.24, 2.45) is 0 Å². The fourth-order valence-corrected chi connectivity index (χ4v) is 2.97. The molecule has 1 aliphatic rings. The van der Waals surface area contributed by atoms with E-state index in [0.29, 0.717) is 0 Å². The molecule has 0 atom stereocenters. The summed E-state index contributed by atoms with van der Waals surface area (Å²) in [6.07, 6.45) is 0. The molecule has 0 aromatic heterocycles. The molecule has 0 saturated carbocycles. The van der Waals surface area contributed by atoms with Crippen molar-refractivity contribution in [3.05, 3.63) is 59.7 Å². The van der Waals surface area contributed by atoms with Crippen molar-refractivity contribution in [2.45, 2.75) is 6.54 Å². The van der Waals surface area contributed by atoms with Crippen molar-refractivity contribution in [2.75, 3.05) is 38.2 Å². The summed E-state index contributed by atoms with van der Waals surface area (Å²) in [5.74, 6) is 0.901. The van der Waals surface area contributed by atoms with E-state index < -0.39 is 0 Å². The van der Waals surface area contributed by atoms with Crippen LogP contribution in [0.5, 0.6) is 5.75 Å². The Hall–Kier alpha value is -2.51. The van der Waals surface area contributed by atoms with E-state index in [1.54, 1.807) is 7.11 Å². The van der Waals surface area contributed by atoms with Gasteiger partial charge in [-0.1, -0.05) is 18.2 Å². The number of methoxy groups -OCH3 is 1. The number of anilines is 1. The van der Waals surface area contributed by atoms with E-state index in [0.717, 1.165) is 44.0 Å². The lowest BCUT2D eigenvalue weighted by atomic mass is 10.1. The number of ether oxygens (including phenoxy) is 1. The first kappa shape index (κ1) is 15.4. The third kappa shape index (κ3) is 3.82. The van der Waals surface area contributed by atoms with Gasteiger partial charge in [0.1, 0.15) is 5.75 Å². The van der Waals surface area contributed by atoms with Gasteiger partial charge in [-0.25, -0.2) is 0 Å². The zero-order valence-corrected chi connectivity index (χ0v) is 13.4. The highest BCUT2D eigenvalue weighted by Crippen LogP contribution is 2.22. The van der Waals surface area contributed by atoms with Crippen molar-refractivity contribution in [3.8, 4) is 11.8 Å². The van der Waals surface area contributed by atoms with Gasteiger partial charge >= 0.3 is 0 Å². The normalized spacial score (nSPS) is 15.2. The molecule has 0 aliphatic carbocycles. The molecule has 0 N–H and O–H groups in total. The number of hydrogen-bond acceptors (Lipinski definition) is 4. The molecule has 1 aliphatic heterocycles. The summed E-state index contributed by atoms with van der Waals surface area (Å²) in [5, 5.41) is 8.99. The molecule has 2 aromatic rings. The van der Waals surface area contributed by atoms with Crippen LogP contribution in [0.1, 0.15) is 11.1 Å². The summed E-state index contributed by atoms with van der Waals surface area (Å²) in [4.78, 5) is 4.83. The average molecular weight is 307 g/mol. The number of hydrogen-bond donors (Lipinski definition) is 0. The number of rotatable bonds is 4. The topological polar surface area (TPSA) is 39.5 Å². The van der Waals surface area contributed by atoms with Crippen molar-refractivity contribution in [3.63, 3.8) is 0 Å². The van der Waals surface area contributed by atoms with Crippen LogP contribution >= 0.6 is 0 Å². The van der Waals surface area contributed by atoms with Crippen molar-refractivity contribution in [1.82, 2.24) is 4.90 Å². The first-order valence-corrected chi connectivity index (χ1v) is 7.89. The van der Waals surface area contributed by atoms with Crippen LogP contribution in [0.25, 0.3) is 0 Å². The molecule has 118 valence electrons. The zero-order chi connectivity index (χ0) is 16.1. The van der Waals surface area contributed by atoms with Gasteiger partial charge in [0.2, 0.25) is 0 Å². The molecular formula is C19H21N3O. The quantitative estimate of drug-likeness (QED) is 0.871. The molecule has 0 spiro atoms. The largest absolute Gasteiger partial charge is 0.497 e. The highest BCUT2D eigenvalue weighted by molar-refractivity contribution is 5.51. The lowest BCUT2D eigenvalue weighted by Crippen LogP contribution is -2.45. The summed E-state index contributed by atoms with van der Waals surface area (Å²) in [6.45, 7) is 4.96. The summed E-state index contributed by atoms with van der Waals surface area (Å²) in [5.41, 5.74) is 3.16. The SMILES string of the molecule is COc1cccc(N2CCN(Cc3cccc(C#N)c3)CC2)c1. The van der Waals surface area contributed by atoms with Crippen molar-refractivity contribution in [1.29, 1.82) is 5.26 Å². The molecule has 0 radical (unpaired) electrons. The minimum Gasteiger partial charge on any atom is -0.497 e. The summed E-state index contributed by atoms with van der Waals surface area (Å²) in [6, 6.07) is 18.3. The van der Waals surface area contributed by atoms with Crippen LogP contribution < -0.4 is 9.64 Å². The second kappa shape index (κ2) is 7.17. The van der Waals surface area contributed by atoms with E-state index in [1.807, 2.05) is 30.3 Å². The molecule has 3 rings (SSSR count). The van der Waals surface area contributed by atoms with E-state index in [1.165, 1.54) is 11.3 Å². The van der Waals surface area contributed by atoms with Gasteiger partial charge in [-0.2, -0.15) is 5.26 Å².